The van der Waals surface area contributed by atoms with Crippen LogP contribution in [0.2, 0.25) is 0 Å². The van der Waals surface area contributed by atoms with Gasteiger partial charge in [-0.3, -0.25) is 9.59 Å². The summed E-state index contributed by atoms with van der Waals surface area (Å²) in [5.41, 5.74) is 1.81. The summed E-state index contributed by atoms with van der Waals surface area (Å²) in [5, 5.41) is 2.87. The van der Waals surface area contributed by atoms with Gasteiger partial charge in [0.25, 0.3) is 0 Å². The zero-order chi connectivity index (χ0) is 20.5. The Kier molecular flexibility index (Phi) is 7.00. The molecule has 29 heavy (non-hydrogen) atoms. The maximum absolute atomic E-state index is 12.3. The van der Waals surface area contributed by atoms with E-state index in [2.05, 4.69) is 5.32 Å². The molecule has 3 aromatic carbocycles. The summed E-state index contributed by atoms with van der Waals surface area (Å²) in [6.45, 7) is 1.95. The number of nitrogens with zero attached hydrogens (tertiary/aromatic N) is 1. The van der Waals surface area contributed by atoms with Gasteiger partial charge in [0.1, 0.15) is 18.0 Å². The molecule has 0 aliphatic heterocycles. The highest BCUT2D eigenvalue weighted by Crippen LogP contribution is 2.24. The van der Waals surface area contributed by atoms with Crippen molar-refractivity contribution in [3.8, 4) is 11.5 Å². The molecule has 0 atom stereocenters. The van der Waals surface area contributed by atoms with E-state index in [1.165, 1.54) is 11.8 Å². The standard InChI is InChI=1S/C24H24N2O3/c1-19(27)26(18-24(28)25-17-16-20-8-4-2-5-9-20)21-12-14-23(15-13-21)29-22-10-6-3-7-11-22/h2-15H,16-18H2,1H3,(H,25,28). The van der Waals surface area contributed by atoms with Crippen LogP contribution >= 0.6 is 0 Å². The number of ether oxygens (including phenoxy) is 1. The molecule has 2 amide bonds. The zero-order valence-corrected chi connectivity index (χ0v) is 16.4. The van der Waals surface area contributed by atoms with E-state index < -0.39 is 0 Å². The van der Waals surface area contributed by atoms with E-state index in [0.29, 0.717) is 18.0 Å². The van der Waals surface area contributed by atoms with Crippen LogP contribution in [0.4, 0.5) is 5.69 Å². The fourth-order valence-corrected chi connectivity index (χ4v) is 2.89. The summed E-state index contributed by atoms with van der Waals surface area (Å²) in [4.78, 5) is 25.8. The largest absolute Gasteiger partial charge is 0.457 e. The van der Waals surface area contributed by atoms with Crippen molar-refractivity contribution in [3.05, 3.63) is 90.5 Å². The van der Waals surface area contributed by atoms with Crippen molar-refractivity contribution >= 4 is 17.5 Å². The average molecular weight is 388 g/mol. The third-order valence-corrected chi connectivity index (χ3v) is 4.39. The predicted molar refractivity (Wildman–Crippen MR) is 114 cm³/mol. The van der Waals surface area contributed by atoms with Gasteiger partial charge in [0, 0.05) is 19.2 Å². The van der Waals surface area contributed by atoms with Crippen molar-refractivity contribution in [2.24, 2.45) is 0 Å². The number of carbonyl (C=O) groups is 2. The first-order valence-electron chi connectivity index (χ1n) is 9.53. The lowest BCUT2D eigenvalue weighted by atomic mass is 10.1. The van der Waals surface area contributed by atoms with Crippen LogP contribution in [0.25, 0.3) is 0 Å². The molecule has 3 rings (SSSR count). The van der Waals surface area contributed by atoms with Crippen LogP contribution in [0.5, 0.6) is 11.5 Å². The fourth-order valence-electron chi connectivity index (χ4n) is 2.89. The third kappa shape index (κ3) is 6.21. The molecule has 0 unspecified atom stereocenters. The van der Waals surface area contributed by atoms with Crippen LogP contribution in [0.15, 0.2) is 84.9 Å². The topological polar surface area (TPSA) is 58.6 Å². The Labute approximate surface area is 170 Å². The van der Waals surface area contributed by atoms with Crippen LogP contribution in [-0.4, -0.2) is 24.9 Å². The normalized spacial score (nSPS) is 10.2. The number of benzene rings is 3. The van der Waals surface area contributed by atoms with Crippen LogP contribution in [0, 0.1) is 0 Å². The number of hydrogen-bond acceptors (Lipinski definition) is 3. The lowest BCUT2D eigenvalue weighted by Gasteiger charge is -2.21. The maximum atomic E-state index is 12.3. The molecule has 0 fully saturated rings. The highest BCUT2D eigenvalue weighted by Gasteiger charge is 2.15. The van der Waals surface area contributed by atoms with Crippen molar-refractivity contribution in [3.63, 3.8) is 0 Å². The van der Waals surface area contributed by atoms with Gasteiger partial charge >= 0.3 is 0 Å². The molecule has 0 aliphatic rings. The molecule has 0 radical (unpaired) electrons. The molecule has 0 spiro atoms. The number of anilines is 1. The van der Waals surface area contributed by atoms with Crippen LogP contribution in [-0.2, 0) is 16.0 Å². The van der Waals surface area contributed by atoms with E-state index >= 15 is 0 Å². The minimum absolute atomic E-state index is 0.0248. The predicted octanol–water partition coefficient (Wildman–Crippen LogP) is 4.19. The van der Waals surface area contributed by atoms with Gasteiger partial charge in [0.05, 0.1) is 0 Å². The van der Waals surface area contributed by atoms with E-state index in [4.69, 9.17) is 4.74 Å². The highest BCUT2D eigenvalue weighted by atomic mass is 16.5. The molecule has 0 heterocycles. The van der Waals surface area contributed by atoms with Gasteiger partial charge in [0.2, 0.25) is 11.8 Å². The Morgan fingerprint density at radius 3 is 2.03 bits per heavy atom. The maximum Gasteiger partial charge on any atom is 0.240 e. The second-order valence-corrected chi connectivity index (χ2v) is 6.60. The number of rotatable bonds is 8. The van der Waals surface area contributed by atoms with Crippen molar-refractivity contribution < 1.29 is 14.3 Å². The van der Waals surface area contributed by atoms with Gasteiger partial charge in [-0.2, -0.15) is 0 Å². The lowest BCUT2D eigenvalue weighted by Crippen LogP contribution is -2.40. The third-order valence-electron chi connectivity index (χ3n) is 4.39. The minimum Gasteiger partial charge on any atom is -0.457 e. The van der Waals surface area contributed by atoms with E-state index in [1.54, 1.807) is 24.3 Å². The molecule has 5 heteroatoms. The molecule has 0 aliphatic carbocycles. The summed E-state index contributed by atoms with van der Waals surface area (Å²) in [6.07, 6.45) is 0.748. The zero-order valence-electron chi connectivity index (χ0n) is 16.4. The SMILES string of the molecule is CC(=O)N(CC(=O)NCCc1ccccc1)c1ccc(Oc2ccccc2)cc1. The number of para-hydroxylation sites is 1. The number of hydrogen-bond donors (Lipinski definition) is 1. The van der Waals surface area contributed by atoms with Gasteiger partial charge in [-0.05, 0) is 48.4 Å². The van der Waals surface area contributed by atoms with Crippen LogP contribution in [0.1, 0.15) is 12.5 Å². The van der Waals surface area contributed by atoms with E-state index in [-0.39, 0.29) is 18.4 Å². The van der Waals surface area contributed by atoms with Crippen molar-refractivity contribution in [2.75, 3.05) is 18.0 Å². The Hall–Kier alpha value is -3.60. The lowest BCUT2D eigenvalue weighted by molar-refractivity contribution is -0.123. The Balaban J connectivity index is 1.56. The molecule has 0 aromatic heterocycles. The summed E-state index contributed by atoms with van der Waals surface area (Å²) in [5.74, 6) is 1.01. The number of amides is 2. The van der Waals surface area contributed by atoms with Gasteiger partial charge in [-0.25, -0.2) is 0 Å². The smallest absolute Gasteiger partial charge is 0.240 e. The Morgan fingerprint density at radius 2 is 1.41 bits per heavy atom. The average Bonchev–Trinajstić information content (AvgIpc) is 2.74. The molecule has 3 aromatic rings. The number of carbonyl (C=O) groups excluding carboxylic acids is 2. The summed E-state index contributed by atoms with van der Waals surface area (Å²) >= 11 is 0. The Morgan fingerprint density at radius 1 is 0.828 bits per heavy atom. The first-order chi connectivity index (χ1) is 14.1. The molecular formula is C24H24N2O3. The van der Waals surface area contributed by atoms with Crippen molar-refractivity contribution in [1.82, 2.24) is 5.32 Å². The summed E-state index contributed by atoms with van der Waals surface area (Å²) < 4.78 is 5.77. The second-order valence-electron chi connectivity index (χ2n) is 6.60. The van der Waals surface area contributed by atoms with E-state index in [9.17, 15) is 9.59 Å². The van der Waals surface area contributed by atoms with Gasteiger partial charge in [0.15, 0.2) is 0 Å². The van der Waals surface area contributed by atoms with Crippen molar-refractivity contribution in [2.45, 2.75) is 13.3 Å². The monoisotopic (exact) mass is 388 g/mol. The van der Waals surface area contributed by atoms with E-state index in [1.807, 2.05) is 60.7 Å². The van der Waals surface area contributed by atoms with Gasteiger partial charge in [-0.15, -0.1) is 0 Å². The second kappa shape index (κ2) is 10.1. The first kappa shape index (κ1) is 20.1. The van der Waals surface area contributed by atoms with E-state index in [0.717, 1.165) is 17.7 Å². The molecule has 0 saturated heterocycles. The molecular weight excluding hydrogens is 364 g/mol. The minimum atomic E-state index is -0.195. The van der Waals surface area contributed by atoms with Crippen LogP contribution < -0.4 is 15.0 Å². The fraction of sp³-hybridized carbons (Fsp3) is 0.167. The molecule has 1 N–H and O–H groups in total. The number of nitrogens with one attached hydrogen (secondary N) is 1. The molecule has 0 saturated carbocycles. The first-order valence-corrected chi connectivity index (χ1v) is 9.53. The quantitative estimate of drug-likeness (QED) is 0.629. The summed E-state index contributed by atoms with van der Waals surface area (Å²) in [7, 11) is 0. The highest BCUT2D eigenvalue weighted by molar-refractivity contribution is 5.97. The molecule has 5 nitrogen and oxygen atoms in total. The molecule has 0 bridgehead atoms. The summed E-state index contributed by atoms with van der Waals surface area (Å²) in [6, 6.07) is 26.5. The Bertz CT molecular complexity index is 925. The van der Waals surface area contributed by atoms with Crippen molar-refractivity contribution in [1.29, 1.82) is 0 Å². The molecule has 148 valence electrons. The van der Waals surface area contributed by atoms with Gasteiger partial charge < -0.3 is 15.0 Å². The van der Waals surface area contributed by atoms with Crippen LogP contribution in [0.3, 0.4) is 0 Å². The van der Waals surface area contributed by atoms with Gasteiger partial charge in [-0.1, -0.05) is 48.5 Å².